The predicted molar refractivity (Wildman–Crippen MR) is 70.1 cm³/mol. The fraction of sp³-hybridized carbons (Fsp3) is 0. The molecule has 16 heavy (non-hydrogen) atoms. The van der Waals surface area contributed by atoms with Crippen LogP contribution in [0.15, 0.2) is 48.5 Å². The minimum atomic E-state index is 0.753. The lowest BCUT2D eigenvalue weighted by molar-refractivity contribution is 1.54. The van der Waals surface area contributed by atoms with Crippen LogP contribution in [0.25, 0.3) is 21.3 Å². The number of benzene rings is 2. The zero-order valence-corrected chi connectivity index (χ0v) is 9.92. The molecule has 3 heteroatoms. The van der Waals surface area contributed by atoms with Gasteiger partial charge in [0.2, 0.25) is 0 Å². The Morgan fingerprint density at radius 2 is 1.69 bits per heavy atom. The van der Waals surface area contributed by atoms with Gasteiger partial charge < -0.3 is 0 Å². The van der Waals surface area contributed by atoms with Gasteiger partial charge in [-0.3, -0.25) is 0 Å². The SMILES string of the molecule is Clc1ccc(-c2nsc3ccccc23)cc1. The lowest BCUT2D eigenvalue weighted by Gasteiger charge is -1.97. The van der Waals surface area contributed by atoms with Gasteiger partial charge in [0, 0.05) is 16.0 Å². The van der Waals surface area contributed by atoms with E-state index in [2.05, 4.69) is 16.5 Å². The molecule has 0 saturated heterocycles. The molecular weight excluding hydrogens is 238 g/mol. The molecule has 1 aromatic heterocycles. The maximum atomic E-state index is 5.87. The van der Waals surface area contributed by atoms with Crippen LogP contribution in [0.3, 0.4) is 0 Å². The van der Waals surface area contributed by atoms with E-state index >= 15 is 0 Å². The Hall–Kier alpha value is -1.38. The fourth-order valence-electron chi connectivity index (χ4n) is 1.70. The molecule has 0 atom stereocenters. The molecule has 0 radical (unpaired) electrons. The highest BCUT2D eigenvalue weighted by atomic mass is 35.5. The maximum absolute atomic E-state index is 5.87. The predicted octanol–water partition coefficient (Wildman–Crippen LogP) is 4.62. The van der Waals surface area contributed by atoms with Gasteiger partial charge in [-0.15, -0.1) is 0 Å². The van der Waals surface area contributed by atoms with Crippen molar-refractivity contribution in [3.63, 3.8) is 0 Å². The minimum Gasteiger partial charge on any atom is -0.191 e. The van der Waals surface area contributed by atoms with Crippen LogP contribution in [0, 0.1) is 0 Å². The smallest absolute Gasteiger partial charge is 0.0919 e. The molecule has 0 aliphatic heterocycles. The number of halogens is 1. The highest BCUT2D eigenvalue weighted by molar-refractivity contribution is 7.13. The summed E-state index contributed by atoms with van der Waals surface area (Å²) in [4.78, 5) is 0. The molecular formula is C13H8ClNS. The fourth-order valence-corrected chi connectivity index (χ4v) is 2.62. The molecule has 1 heterocycles. The lowest BCUT2D eigenvalue weighted by Crippen LogP contribution is -1.77. The van der Waals surface area contributed by atoms with Crippen molar-refractivity contribution in [1.29, 1.82) is 0 Å². The second kappa shape index (κ2) is 3.89. The van der Waals surface area contributed by atoms with E-state index in [0.717, 1.165) is 16.3 Å². The van der Waals surface area contributed by atoms with E-state index in [1.807, 2.05) is 36.4 Å². The first-order chi connectivity index (χ1) is 7.84. The van der Waals surface area contributed by atoms with Crippen molar-refractivity contribution in [2.45, 2.75) is 0 Å². The first-order valence-electron chi connectivity index (χ1n) is 4.95. The second-order valence-corrected chi connectivity index (χ2v) is 4.78. The number of hydrogen-bond donors (Lipinski definition) is 0. The monoisotopic (exact) mass is 245 g/mol. The van der Waals surface area contributed by atoms with E-state index in [-0.39, 0.29) is 0 Å². The first-order valence-corrected chi connectivity index (χ1v) is 6.10. The number of fused-ring (bicyclic) bond motifs is 1. The Morgan fingerprint density at radius 3 is 2.50 bits per heavy atom. The molecule has 0 saturated carbocycles. The van der Waals surface area contributed by atoms with Crippen LogP contribution in [-0.4, -0.2) is 4.37 Å². The summed E-state index contributed by atoms with van der Waals surface area (Å²) >= 11 is 7.40. The third-order valence-corrected chi connectivity index (χ3v) is 3.57. The van der Waals surface area contributed by atoms with Gasteiger partial charge >= 0.3 is 0 Å². The van der Waals surface area contributed by atoms with Crippen molar-refractivity contribution in [1.82, 2.24) is 4.37 Å². The van der Waals surface area contributed by atoms with Crippen LogP contribution in [0.1, 0.15) is 0 Å². The largest absolute Gasteiger partial charge is 0.191 e. The molecule has 78 valence electrons. The average molecular weight is 246 g/mol. The normalized spacial score (nSPS) is 10.8. The molecule has 0 spiro atoms. The van der Waals surface area contributed by atoms with Crippen LogP contribution >= 0.6 is 23.1 Å². The first kappa shape index (κ1) is 9.82. The highest BCUT2D eigenvalue weighted by Gasteiger charge is 2.07. The van der Waals surface area contributed by atoms with Gasteiger partial charge in [0.05, 0.1) is 10.4 Å². The molecule has 1 nitrogen and oxygen atoms in total. The summed E-state index contributed by atoms with van der Waals surface area (Å²) in [6.45, 7) is 0. The van der Waals surface area contributed by atoms with Gasteiger partial charge in [0.25, 0.3) is 0 Å². The number of aromatic nitrogens is 1. The molecule has 0 fully saturated rings. The Kier molecular flexibility index (Phi) is 2.39. The quantitative estimate of drug-likeness (QED) is 0.610. The van der Waals surface area contributed by atoms with E-state index in [4.69, 9.17) is 11.6 Å². The third kappa shape index (κ3) is 1.60. The molecule has 0 bridgehead atoms. The molecule has 0 amide bonds. The van der Waals surface area contributed by atoms with Crippen molar-refractivity contribution in [3.8, 4) is 11.3 Å². The van der Waals surface area contributed by atoms with Crippen LogP contribution in [0.2, 0.25) is 5.02 Å². The van der Waals surface area contributed by atoms with Gasteiger partial charge in [-0.2, -0.15) is 4.37 Å². The molecule has 3 rings (SSSR count). The van der Waals surface area contributed by atoms with Gasteiger partial charge in [-0.1, -0.05) is 41.9 Å². The maximum Gasteiger partial charge on any atom is 0.0919 e. The number of nitrogens with zero attached hydrogens (tertiary/aromatic N) is 1. The van der Waals surface area contributed by atoms with Crippen molar-refractivity contribution >= 4 is 33.2 Å². The van der Waals surface area contributed by atoms with Gasteiger partial charge in [-0.25, -0.2) is 0 Å². The molecule has 0 aliphatic carbocycles. The van der Waals surface area contributed by atoms with Crippen molar-refractivity contribution in [2.24, 2.45) is 0 Å². The Labute approximate surface area is 102 Å². The topological polar surface area (TPSA) is 12.9 Å². The van der Waals surface area contributed by atoms with Crippen molar-refractivity contribution in [2.75, 3.05) is 0 Å². The Bertz CT molecular complexity index is 628. The highest BCUT2D eigenvalue weighted by Crippen LogP contribution is 2.30. The van der Waals surface area contributed by atoms with E-state index in [1.165, 1.54) is 21.6 Å². The zero-order valence-electron chi connectivity index (χ0n) is 8.35. The summed E-state index contributed by atoms with van der Waals surface area (Å²) in [6, 6.07) is 16.1. The van der Waals surface area contributed by atoms with Crippen molar-refractivity contribution < 1.29 is 0 Å². The van der Waals surface area contributed by atoms with Gasteiger partial charge in [0.1, 0.15) is 0 Å². The Morgan fingerprint density at radius 1 is 0.938 bits per heavy atom. The van der Waals surface area contributed by atoms with E-state index in [9.17, 15) is 0 Å². The van der Waals surface area contributed by atoms with Gasteiger partial charge in [0.15, 0.2) is 0 Å². The lowest BCUT2D eigenvalue weighted by atomic mass is 10.1. The van der Waals surface area contributed by atoms with Crippen molar-refractivity contribution in [3.05, 3.63) is 53.6 Å². The summed E-state index contributed by atoms with van der Waals surface area (Å²) in [5.74, 6) is 0. The van der Waals surface area contributed by atoms with E-state index in [1.54, 1.807) is 0 Å². The van der Waals surface area contributed by atoms with Crippen LogP contribution < -0.4 is 0 Å². The van der Waals surface area contributed by atoms with Crippen LogP contribution in [-0.2, 0) is 0 Å². The molecule has 0 N–H and O–H groups in total. The van der Waals surface area contributed by atoms with Gasteiger partial charge in [-0.05, 0) is 29.7 Å². The summed E-state index contributed by atoms with van der Waals surface area (Å²) < 4.78 is 5.71. The number of rotatable bonds is 1. The molecule has 0 aliphatic rings. The molecule has 2 aromatic carbocycles. The standard InChI is InChI=1S/C13H8ClNS/c14-10-7-5-9(6-8-10)13-11-3-1-2-4-12(11)16-15-13/h1-8H. The minimum absolute atomic E-state index is 0.753. The number of hydrogen-bond acceptors (Lipinski definition) is 2. The van der Waals surface area contributed by atoms with Crippen LogP contribution in [0.4, 0.5) is 0 Å². The average Bonchev–Trinajstić information content (AvgIpc) is 2.74. The van der Waals surface area contributed by atoms with E-state index in [0.29, 0.717) is 0 Å². The summed E-state index contributed by atoms with van der Waals surface area (Å²) in [6.07, 6.45) is 0. The Balaban J connectivity index is 2.22. The third-order valence-electron chi connectivity index (χ3n) is 2.50. The summed E-state index contributed by atoms with van der Waals surface area (Å²) in [5, 5.41) is 1.96. The zero-order chi connectivity index (χ0) is 11.0. The summed E-state index contributed by atoms with van der Waals surface area (Å²) in [5.41, 5.74) is 2.15. The molecule has 3 aromatic rings. The van der Waals surface area contributed by atoms with Crippen LogP contribution in [0.5, 0.6) is 0 Å². The van der Waals surface area contributed by atoms with E-state index < -0.39 is 0 Å². The second-order valence-electron chi connectivity index (χ2n) is 3.53. The summed E-state index contributed by atoms with van der Waals surface area (Å²) in [7, 11) is 0. The molecule has 0 unspecified atom stereocenters.